The third kappa shape index (κ3) is 2.25. The number of phenols is 1. The standard InChI is InChI=1S/C11H16N2O3/c1-6-7(11(15)16)4-9(12)10(14)8(6)5-13(2)3/h4,14H,5,12H2,1-3H3,(H,15,16). The van der Waals surface area contributed by atoms with Crippen LogP contribution in [0.25, 0.3) is 0 Å². The maximum absolute atomic E-state index is 11.0. The second-order valence-electron chi connectivity index (χ2n) is 4.01. The number of anilines is 1. The van der Waals surface area contributed by atoms with E-state index in [0.717, 1.165) is 0 Å². The van der Waals surface area contributed by atoms with Gasteiger partial charge in [0.25, 0.3) is 0 Å². The first-order chi connectivity index (χ1) is 7.34. The molecule has 0 aliphatic rings. The van der Waals surface area contributed by atoms with Crippen LogP contribution in [0.1, 0.15) is 21.5 Å². The van der Waals surface area contributed by atoms with Crippen molar-refractivity contribution in [3.63, 3.8) is 0 Å². The number of phenolic OH excluding ortho intramolecular Hbond substituents is 1. The number of hydrogen-bond acceptors (Lipinski definition) is 4. The highest BCUT2D eigenvalue weighted by molar-refractivity contribution is 5.92. The lowest BCUT2D eigenvalue weighted by molar-refractivity contribution is 0.0696. The number of hydrogen-bond donors (Lipinski definition) is 3. The lowest BCUT2D eigenvalue weighted by Crippen LogP contribution is -2.14. The number of aromatic carboxylic acids is 1. The van der Waals surface area contributed by atoms with Crippen molar-refractivity contribution < 1.29 is 15.0 Å². The average Bonchev–Trinajstić information content (AvgIpc) is 2.17. The number of carbonyl (C=O) groups is 1. The highest BCUT2D eigenvalue weighted by Gasteiger charge is 2.17. The van der Waals surface area contributed by atoms with E-state index in [1.54, 1.807) is 6.92 Å². The zero-order chi connectivity index (χ0) is 12.5. The zero-order valence-electron chi connectivity index (χ0n) is 9.61. The van der Waals surface area contributed by atoms with Gasteiger partial charge in [-0.3, -0.25) is 0 Å². The van der Waals surface area contributed by atoms with Gasteiger partial charge in [-0.1, -0.05) is 0 Å². The van der Waals surface area contributed by atoms with Gasteiger partial charge in [-0.2, -0.15) is 0 Å². The summed E-state index contributed by atoms with van der Waals surface area (Å²) >= 11 is 0. The number of benzene rings is 1. The molecule has 0 spiro atoms. The van der Waals surface area contributed by atoms with E-state index in [1.165, 1.54) is 6.07 Å². The summed E-state index contributed by atoms with van der Waals surface area (Å²) in [6.07, 6.45) is 0. The molecule has 0 aliphatic carbocycles. The fourth-order valence-corrected chi connectivity index (χ4v) is 1.58. The molecule has 0 heterocycles. The minimum absolute atomic E-state index is 0.0313. The van der Waals surface area contributed by atoms with Crippen molar-refractivity contribution in [2.45, 2.75) is 13.5 Å². The predicted molar refractivity (Wildman–Crippen MR) is 61.6 cm³/mol. The van der Waals surface area contributed by atoms with Crippen LogP contribution in [0, 0.1) is 6.92 Å². The molecule has 16 heavy (non-hydrogen) atoms. The summed E-state index contributed by atoms with van der Waals surface area (Å²) in [5.74, 6) is -1.07. The molecule has 5 nitrogen and oxygen atoms in total. The van der Waals surface area contributed by atoms with Crippen LogP contribution in [-0.2, 0) is 6.54 Å². The first-order valence-corrected chi connectivity index (χ1v) is 4.83. The Morgan fingerprint density at radius 1 is 1.50 bits per heavy atom. The highest BCUT2D eigenvalue weighted by atomic mass is 16.4. The predicted octanol–water partition coefficient (Wildman–Crippen LogP) is 1.04. The van der Waals surface area contributed by atoms with Crippen LogP contribution in [0.2, 0.25) is 0 Å². The lowest BCUT2D eigenvalue weighted by Gasteiger charge is -2.16. The fourth-order valence-electron chi connectivity index (χ4n) is 1.58. The van der Waals surface area contributed by atoms with Gasteiger partial charge < -0.3 is 20.8 Å². The molecule has 0 saturated carbocycles. The smallest absolute Gasteiger partial charge is 0.336 e. The molecule has 88 valence electrons. The summed E-state index contributed by atoms with van der Waals surface area (Å²) in [6, 6.07) is 1.28. The van der Waals surface area contributed by atoms with Crippen molar-refractivity contribution >= 4 is 11.7 Å². The summed E-state index contributed by atoms with van der Waals surface area (Å²) in [5.41, 5.74) is 6.91. The Hall–Kier alpha value is -1.75. The van der Waals surface area contributed by atoms with Crippen molar-refractivity contribution in [1.29, 1.82) is 0 Å². The Balaban J connectivity index is 3.39. The van der Waals surface area contributed by atoms with E-state index in [0.29, 0.717) is 17.7 Å². The first-order valence-electron chi connectivity index (χ1n) is 4.83. The van der Waals surface area contributed by atoms with Gasteiger partial charge in [-0.05, 0) is 32.6 Å². The number of nitrogens with zero attached hydrogens (tertiary/aromatic N) is 1. The van der Waals surface area contributed by atoms with Crippen LogP contribution in [0.4, 0.5) is 5.69 Å². The van der Waals surface area contributed by atoms with E-state index in [4.69, 9.17) is 10.8 Å². The van der Waals surface area contributed by atoms with Crippen molar-refractivity contribution in [3.8, 4) is 5.75 Å². The van der Waals surface area contributed by atoms with Gasteiger partial charge in [0.15, 0.2) is 0 Å². The van der Waals surface area contributed by atoms with Gasteiger partial charge >= 0.3 is 5.97 Å². The molecule has 0 aromatic heterocycles. The van der Waals surface area contributed by atoms with Crippen LogP contribution >= 0.6 is 0 Å². The Bertz CT molecular complexity index is 428. The van der Waals surface area contributed by atoms with E-state index in [1.807, 2.05) is 19.0 Å². The summed E-state index contributed by atoms with van der Waals surface area (Å²) in [5, 5.41) is 18.8. The number of carboxylic acids is 1. The molecular formula is C11H16N2O3. The van der Waals surface area contributed by atoms with Crippen LogP contribution in [0.5, 0.6) is 5.75 Å². The Morgan fingerprint density at radius 3 is 2.50 bits per heavy atom. The molecular weight excluding hydrogens is 208 g/mol. The summed E-state index contributed by atoms with van der Waals surface area (Å²) in [4.78, 5) is 12.8. The molecule has 1 aromatic carbocycles. The fraction of sp³-hybridized carbons (Fsp3) is 0.364. The third-order valence-corrected chi connectivity index (χ3v) is 2.42. The van der Waals surface area contributed by atoms with Gasteiger partial charge in [0.2, 0.25) is 0 Å². The van der Waals surface area contributed by atoms with Crippen molar-refractivity contribution in [2.75, 3.05) is 19.8 Å². The Morgan fingerprint density at radius 2 is 2.06 bits per heavy atom. The summed E-state index contributed by atoms with van der Waals surface area (Å²) < 4.78 is 0. The second-order valence-corrected chi connectivity index (χ2v) is 4.01. The van der Waals surface area contributed by atoms with E-state index in [9.17, 15) is 9.90 Å². The number of aromatic hydroxyl groups is 1. The topological polar surface area (TPSA) is 86.8 Å². The number of nitrogen functional groups attached to an aromatic ring is 1. The molecule has 0 bridgehead atoms. The van der Waals surface area contributed by atoms with Crippen LogP contribution in [0.3, 0.4) is 0 Å². The number of nitrogens with two attached hydrogens (primary N) is 1. The summed E-state index contributed by atoms with van der Waals surface area (Å²) in [7, 11) is 3.67. The van der Waals surface area contributed by atoms with E-state index < -0.39 is 5.97 Å². The molecule has 0 saturated heterocycles. The van der Waals surface area contributed by atoms with E-state index in [-0.39, 0.29) is 17.0 Å². The van der Waals surface area contributed by atoms with E-state index >= 15 is 0 Å². The maximum atomic E-state index is 11.0. The first kappa shape index (κ1) is 12.3. The zero-order valence-corrected chi connectivity index (χ0v) is 9.61. The van der Waals surface area contributed by atoms with Gasteiger partial charge in [0.05, 0.1) is 11.3 Å². The minimum Gasteiger partial charge on any atom is -0.505 e. The quantitative estimate of drug-likeness (QED) is 0.527. The Labute approximate surface area is 94.1 Å². The van der Waals surface area contributed by atoms with E-state index in [2.05, 4.69) is 0 Å². The maximum Gasteiger partial charge on any atom is 0.336 e. The van der Waals surface area contributed by atoms with Crippen LogP contribution < -0.4 is 5.73 Å². The molecule has 1 aromatic rings. The second kappa shape index (κ2) is 4.40. The van der Waals surface area contributed by atoms with Crippen LogP contribution in [0.15, 0.2) is 6.07 Å². The number of rotatable bonds is 3. The normalized spacial score (nSPS) is 10.8. The SMILES string of the molecule is Cc1c(C(=O)O)cc(N)c(O)c1CN(C)C. The minimum atomic E-state index is -1.04. The van der Waals surface area contributed by atoms with Gasteiger partial charge in [-0.25, -0.2) is 4.79 Å². The average molecular weight is 224 g/mol. The van der Waals surface area contributed by atoms with Gasteiger partial charge in [0.1, 0.15) is 5.75 Å². The Kier molecular flexibility index (Phi) is 3.39. The molecule has 0 fully saturated rings. The molecule has 0 radical (unpaired) electrons. The third-order valence-electron chi connectivity index (χ3n) is 2.42. The molecule has 0 unspecified atom stereocenters. The monoisotopic (exact) mass is 224 g/mol. The summed E-state index contributed by atoms with van der Waals surface area (Å²) in [6.45, 7) is 2.12. The molecule has 0 aliphatic heterocycles. The van der Waals surface area contributed by atoms with Crippen LogP contribution in [-0.4, -0.2) is 35.2 Å². The largest absolute Gasteiger partial charge is 0.505 e. The van der Waals surface area contributed by atoms with Gasteiger partial charge in [0, 0.05) is 12.1 Å². The molecule has 5 heteroatoms. The van der Waals surface area contributed by atoms with Crippen molar-refractivity contribution in [2.24, 2.45) is 0 Å². The van der Waals surface area contributed by atoms with Gasteiger partial charge in [-0.15, -0.1) is 0 Å². The molecule has 0 atom stereocenters. The molecule has 4 N–H and O–H groups in total. The molecule has 1 rings (SSSR count). The number of carboxylic acid groups (broad SMARTS) is 1. The van der Waals surface area contributed by atoms with Crippen molar-refractivity contribution in [1.82, 2.24) is 4.90 Å². The van der Waals surface area contributed by atoms with Crippen molar-refractivity contribution in [3.05, 3.63) is 22.8 Å². The highest BCUT2D eigenvalue weighted by Crippen LogP contribution is 2.31. The lowest BCUT2D eigenvalue weighted by atomic mass is 9.99. The molecule has 0 amide bonds.